The smallest absolute Gasteiger partial charge is 0.253 e. The van der Waals surface area contributed by atoms with E-state index >= 15 is 0 Å². The van der Waals surface area contributed by atoms with Gasteiger partial charge in [-0.2, -0.15) is 0 Å². The van der Waals surface area contributed by atoms with Crippen LogP contribution in [0.25, 0.3) is 0 Å². The average Bonchev–Trinajstić information content (AvgIpc) is 3.04. The van der Waals surface area contributed by atoms with Crippen LogP contribution in [0.1, 0.15) is 59.6 Å². The maximum absolute atomic E-state index is 13.3. The van der Waals surface area contributed by atoms with Crippen LogP contribution in [0.5, 0.6) is 0 Å². The third kappa shape index (κ3) is 7.74. The van der Waals surface area contributed by atoms with Gasteiger partial charge in [0.05, 0.1) is 0 Å². The van der Waals surface area contributed by atoms with E-state index in [1.807, 2.05) is 83.8 Å². The Morgan fingerprint density at radius 1 is 0.659 bits per heavy atom. The van der Waals surface area contributed by atoms with E-state index in [1.165, 1.54) is 0 Å². The van der Waals surface area contributed by atoms with E-state index in [0.717, 1.165) is 43.6 Å². The lowest BCUT2D eigenvalue weighted by atomic mass is 10.1. The SMILES string of the molecule is O=C(c1ccccc1)N(CCCCNCCCN1C(O)Nc2ccccc2C1O)CCCN1C(O)Nc2ccccc2C1O. The predicted octanol–water partition coefficient (Wildman–Crippen LogP) is 2.67. The molecule has 2 aliphatic rings. The summed E-state index contributed by atoms with van der Waals surface area (Å²) in [6.45, 7) is 3.55. The zero-order chi connectivity index (χ0) is 30.9. The maximum Gasteiger partial charge on any atom is 0.253 e. The van der Waals surface area contributed by atoms with E-state index in [9.17, 15) is 25.2 Å². The average molecular weight is 605 g/mol. The second kappa shape index (κ2) is 15.4. The van der Waals surface area contributed by atoms with Gasteiger partial charge >= 0.3 is 0 Å². The molecule has 0 saturated heterocycles. The highest BCUT2D eigenvalue weighted by Gasteiger charge is 2.32. The Balaban J connectivity index is 1.05. The lowest BCUT2D eigenvalue weighted by molar-refractivity contribution is -0.0987. The number of carbonyl (C=O) groups is 1. The van der Waals surface area contributed by atoms with Crippen molar-refractivity contribution >= 4 is 17.3 Å². The lowest BCUT2D eigenvalue weighted by Gasteiger charge is -2.39. The predicted molar refractivity (Wildman–Crippen MR) is 169 cm³/mol. The van der Waals surface area contributed by atoms with Crippen molar-refractivity contribution < 1.29 is 25.2 Å². The van der Waals surface area contributed by atoms with Gasteiger partial charge in [0.2, 0.25) is 0 Å². The number of unbranched alkanes of at least 4 members (excludes halogenated alkanes) is 1. The van der Waals surface area contributed by atoms with E-state index in [2.05, 4.69) is 16.0 Å². The molecule has 0 saturated carbocycles. The monoisotopic (exact) mass is 604 g/mol. The molecule has 0 fully saturated rings. The molecule has 1 amide bonds. The van der Waals surface area contributed by atoms with Crippen LogP contribution in [-0.2, 0) is 0 Å². The molecular formula is C33H44N6O5. The molecule has 2 aliphatic heterocycles. The highest BCUT2D eigenvalue weighted by molar-refractivity contribution is 5.94. The first kappa shape index (κ1) is 31.9. The molecule has 0 radical (unpaired) electrons. The van der Waals surface area contributed by atoms with Crippen molar-refractivity contribution in [3.8, 4) is 0 Å². The van der Waals surface area contributed by atoms with Gasteiger partial charge in [-0.25, -0.2) is 9.80 Å². The maximum atomic E-state index is 13.3. The van der Waals surface area contributed by atoms with Gasteiger partial charge < -0.3 is 41.3 Å². The Bertz CT molecular complexity index is 1350. The molecule has 4 unspecified atom stereocenters. The number of rotatable bonds is 14. The fourth-order valence-corrected chi connectivity index (χ4v) is 5.85. The van der Waals surface area contributed by atoms with E-state index < -0.39 is 25.2 Å². The number of aliphatic hydroxyl groups is 4. The summed E-state index contributed by atoms with van der Waals surface area (Å²) in [6.07, 6.45) is -0.706. The zero-order valence-corrected chi connectivity index (χ0v) is 24.9. The van der Waals surface area contributed by atoms with Crippen LogP contribution in [-0.4, -0.2) is 93.0 Å². The molecular weight excluding hydrogens is 560 g/mol. The fourth-order valence-electron chi connectivity index (χ4n) is 5.85. The number of hydrogen-bond acceptors (Lipinski definition) is 10. The van der Waals surface area contributed by atoms with Gasteiger partial charge in [-0.3, -0.25) is 4.79 Å². The number of carbonyl (C=O) groups excluding carboxylic acids is 1. The van der Waals surface area contributed by atoms with Crippen molar-refractivity contribution in [2.45, 2.75) is 50.8 Å². The van der Waals surface area contributed by atoms with Crippen molar-refractivity contribution in [3.63, 3.8) is 0 Å². The number of benzene rings is 3. The molecule has 5 rings (SSSR count). The van der Waals surface area contributed by atoms with Gasteiger partial charge in [0.25, 0.3) is 5.91 Å². The van der Waals surface area contributed by atoms with Crippen LogP contribution in [0.2, 0.25) is 0 Å². The Labute approximate surface area is 258 Å². The molecule has 0 spiro atoms. The Morgan fingerprint density at radius 3 is 1.77 bits per heavy atom. The molecule has 236 valence electrons. The first-order valence-electron chi connectivity index (χ1n) is 15.4. The summed E-state index contributed by atoms with van der Waals surface area (Å²) in [5.74, 6) is -0.0319. The zero-order valence-electron chi connectivity index (χ0n) is 24.9. The summed E-state index contributed by atoms with van der Waals surface area (Å²) in [6, 6.07) is 24.0. The molecule has 4 atom stereocenters. The van der Waals surface area contributed by atoms with Crippen molar-refractivity contribution in [1.29, 1.82) is 0 Å². The third-order valence-electron chi connectivity index (χ3n) is 8.26. The summed E-state index contributed by atoms with van der Waals surface area (Å²) in [7, 11) is 0. The topological polar surface area (TPSA) is 144 Å². The molecule has 2 heterocycles. The van der Waals surface area contributed by atoms with Crippen LogP contribution < -0.4 is 16.0 Å². The molecule has 0 aliphatic carbocycles. The summed E-state index contributed by atoms with van der Waals surface area (Å²) >= 11 is 0. The van der Waals surface area contributed by atoms with E-state index in [-0.39, 0.29) is 5.91 Å². The van der Waals surface area contributed by atoms with Gasteiger partial charge in [0.15, 0.2) is 12.7 Å². The number of anilines is 2. The molecule has 11 heteroatoms. The highest BCUT2D eigenvalue weighted by atomic mass is 16.3. The van der Waals surface area contributed by atoms with Crippen LogP contribution in [0.4, 0.5) is 11.4 Å². The van der Waals surface area contributed by atoms with E-state index in [1.54, 1.807) is 9.80 Å². The third-order valence-corrected chi connectivity index (χ3v) is 8.26. The number of para-hydroxylation sites is 2. The summed E-state index contributed by atoms with van der Waals surface area (Å²) in [4.78, 5) is 18.4. The second-order valence-electron chi connectivity index (χ2n) is 11.3. The van der Waals surface area contributed by atoms with Crippen LogP contribution >= 0.6 is 0 Å². The van der Waals surface area contributed by atoms with Crippen LogP contribution in [0.3, 0.4) is 0 Å². The largest absolute Gasteiger partial charge is 0.374 e. The molecule has 11 nitrogen and oxygen atoms in total. The van der Waals surface area contributed by atoms with Crippen molar-refractivity contribution in [2.24, 2.45) is 0 Å². The van der Waals surface area contributed by atoms with Crippen LogP contribution in [0, 0.1) is 0 Å². The molecule has 0 bridgehead atoms. The number of hydrogen-bond donors (Lipinski definition) is 7. The summed E-state index contributed by atoms with van der Waals surface area (Å²) in [5, 5.41) is 52.0. The fraction of sp³-hybridized carbons (Fsp3) is 0.424. The first-order chi connectivity index (χ1) is 21.4. The minimum atomic E-state index is -1.02. The standard InChI is InChI=1S/C33H44N6O5/c40-29(24-12-2-1-3-13-24)37(21-11-23-39-31(42)26-15-5-7-17-28(26)36-33(39)44)20-9-8-18-34-19-10-22-38-30(41)25-14-4-6-16-27(25)35-32(38)43/h1-7,12-17,30-36,41-44H,8-11,18-23H2. The van der Waals surface area contributed by atoms with Crippen molar-refractivity contribution in [1.82, 2.24) is 20.0 Å². The quantitative estimate of drug-likeness (QED) is 0.137. The number of amides is 1. The van der Waals surface area contributed by atoms with Gasteiger partial charge in [-0.05, 0) is 63.0 Å². The number of nitrogens with zero attached hydrogens (tertiary/aromatic N) is 3. The minimum Gasteiger partial charge on any atom is -0.374 e. The van der Waals surface area contributed by atoms with Gasteiger partial charge in [-0.15, -0.1) is 0 Å². The Kier molecular flexibility index (Phi) is 11.2. The van der Waals surface area contributed by atoms with Crippen LogP contribution in [0.15, 0.2) is 78.9 Å². The van der Waals surface area contributed by atoms with Crippen molar-refractivity contribution in [3.05, 3.63) is 95.6 Å². The van der Waals surface area contributed by atoms with Gasteiger partial charge in [-0.1, -0.05) is 54.6 Å². The highest BCUT2D eigenvalue weighted by Crippen LogP contribution is 2.33. The molecule has 7 N–H and O–H groups in total. The minimum absolute atomic E-state index is 0.0319. The van der Waals surface area contributed by atoms with E-state index in [0.29, 0.717) is 49.4 Å². The molecule has 3 aromatic carbocycles. The second-order valence-corrected chi connectivity index (χ2v) is 11.3. The number of nitrogens with one attached hydrogen (secondary N) is 3. The normalized spacial score (nSPS) is 21.5. The Morgan fingerprint density at radius 2 is 1.16 bits per heavy atom. The molecule has 3 aromatic rings. The Hall–Kier alpha value is -3.55. The lowest BCUT2D eigenvalue weighted by Crippen LogP contribution is -2.48. The molecule has 44 heavy (non-hydrogen) atoms. The van der Waals surface area contributed by atoms with Gasteiger partial charge in [0.1, 0.15) is 12.5 Å². The summed E-state index contributed by atoms with van der Waals surface area (Å²) < 4.78 is 0. The number of aliphatic hydroxyl groups excluding tert-OH is 4. The first-order valence-corrected chi connectivity index (χ1v) is 15.4. The van der Waals surface area contributed by atoms with Gasteiger partial charge in [0, 0.05) is 54.2 Å². The number of fused-ring (bicyclic) bond motifs is 2. The van der Waals surface area contributed by atoms with Crippen molar-refractivity contribution in [2.75, 3.05) is 49.9 Å². The van der Waals surface area contributed by atoms with E-state index in [4.69, 9.17) is 0 Å². The molecule has 0 aromatic heterocycles. The summed E-state index contributed by atoms with van der Waals surface area (Å²) in [5.41, 5.74) is 3.56.